The van der Waals surface area contributed by atoms with Crippen molar-refractivity contribution in [1.82, 2.24) is 10.3 Å². The minimum atomic E-state index is -5.08. The number of carboxylic acid groups (broad SMARTS) is 1. The number of nitrogens with one attached hydrogen (secondary N) is 1. The van der Waals surface area contributed by atoms with E-state index in [-0.39, 0.29) is 23.9 Å². The molecule has 0 radical (unpaired) electrons. The van der Waals surface area contributed by atoms with Gasteiger partial charge in [-0.05, 0) is 30.7 Å². The number of carbonyl (C=O) groups excluding carboxylic acids is 3. The smallest absolute Gasteiger partial charge is 0.475 e. The standard InChI is InChI=1S/C19H15Br2ClN2O3.C2HF3O2/c20-11-8-12(21)16(13(22)9-11)17-15(25)7-10(18(17)26)4-6-24-19(27)14-3-1-2-5-23-14;3-2(4,5)1(6)7/h1-3,5,8-10,17H,4,6-7H2,(H,24,27);(H,6,7). The molecular weight excluding hydrogens is 612 g/mol. The zero-order valence-corrected chi connectivity index (χ0v) is 21.0. The van der Waals surface area contributed by atoms with E-state index >= 15 is 0 Å². The summed E-state index contributed by atoms with van der Waals surface area (Å²) in [6.07, 6.45) is -2.99. The first kappa shape index (κ1) is 27.9. The Balaban J connectivity index is 0.000000509. The summed E-state index contributed by atoms with van der Waals surface area (Å²) in [5.41, 5.74) is 0.824. The van der Waals surface area contributed by atoms with Gasteiger partial charge in [-0.1, -0.05) is 49.5 Å². The number of ketones is 2. The number of rotatable bonds is 5. The molecule has 34 heavy (non-hydrogen) atoms. The van der Waals surface area contributed by atoms with Crippen molar-refractivity contribution < 1.29 is 37.5 Å². The highest BCUT2D eigenvalue weighted by atomic mass is 79.9. The third-order valence-electron chi connectivity index (χ3n) is 4.71. The van der Waals surface area contributed by atoms with Gasteiger partial charge in [-0.3, -0.25) is 19.4 Å². The first-order valence-electron chi connectivity index (χ1n) is 9.53. The van der Waals surface area contributed by atoms with Gasteiger partial charge < -0.3 is 10.4 Å². The Morgan fingerprint density at radius 1 is 1.21 bits per heavy atom. The van der Waals surface area contributed by atoms with Crippen LogP contribution < -0.4 is 5.32 Å². The van der Waals surface area contributed by atoms with Gasteiger partial charge in [-0.2, -0.15) is 13.2 Å². The molecule has 2 unspecified atom stereocenters. The van der Waals surface area contributed by atoms with Crippen LogP contribution >= 0.6 is 43.5 Å². The molecule has 1 fully saturated rings. The minimum Gasteiger partial charge on any atom is -0.475 e. The molecule has 0 spiro atoms. The molecule has 1 aliphatic carbocycles. The van der Waals surface area contributed by atoms with Gasteiger partial charge in [-0.25, -0.2) is 4.79 Å². The molecule has 3 rings (SSSR count). The normalized spacial score (nSPS) is 17.7. The van der Waals surface area contributed by atoms with Crippen LogP contribution in [0.4, 0.5) is 13.2 Å². The lowest BCUT2D eigenvalue weighted by Gasteiger charge is -2.14. The van der Waals surface area contributed by atoms with E-state index in [1.54, 1.807) is 36.5 Å². The molecule has 1 heterocycles. The lowest BCUT2D eigenvalue weighted by Crippen LogP contribution is -2.27. The molecule has 13 heteroatoms. The van der Waals surface area contributed by atoms with E-state index in [0.717, 1.165) is 4.47 Å². The van der Waals surface area contributed by atoms with Crippen molar-refractivity contribution in [1.29, 1.82) is 0 Å². The molecule has 2 aromatic rings. The van der Waals surface area contributed by atoms with E-state index in [1.165, 1.54) is 0 Å². The van der Waals surface area contributed by atoms with Crippen LogP contribution in [-0.2, 0) is 14.4 Å². The fourth-order valence-corrected chi connectivity index (χ4v) is 5.21. The predicted octanol–water partition coefficient (Wildman–Crippen LogP) is 4.96. The number of amides is 1. The number of aliphatic carboxylic acids is 1. The van der Waals surface area contributed by atoms with Crippen LogP contribution in [0.15, 0.2) is 45.5 Å². The van der Waals surface area contributed by atoms with Crippen LogP contribution in [0.1, 0.15) is 34.8 Å². The van der Waals surface area contributed by atoms with Gasteiger partial charge in [-0.15, -0.1) is 0 Å². The Labute approximate surface area is 213 Å². The largest absolute Gasteiger partial charge is 0.490 e. The summed E-state index contributed by atoms with van der Waals surface area (Å²) in [6, 6.07) is 8.50. The Kier molecular flexibility index (Phi) is 9.77. The molecule has 182 valence electrons. The molecule has 7 nitrogen and oxygen atoms in total. The Morgan fingerprint density at radius 3 is 2.38 bits per heavy atom. The Bertz CT molecular complexity index is 1080. The average Bonchev–Trinajstić information content (AvgIpc) is 3.01. The highest BCUT2D eigenvalue weighted by molar-refractivity contribution is 9.11. The number of alkyl halides is 3. The molecule has 1 aromatic carbocycles. The maximum atomic E-state index is 12.8. The second-order valence-electron chi connectivity index (χ2n) is 7.05. The monoisotopic (exact) mass is 626 g/mol. The molecule has 1 saturated carbocycles. The second kappa shape index (κ2) is 11.9. The highest BCUT2D eigenvalue weighted by Gasteiger charge is 2.43. The molecule has 0 bridgehead atoms. The Hall–Kier alpha value is -2.31. The lowest BCUT2D eigenvalue weighted by molar-refractivity contribution is -0.192. The van der Waals surface area contributed by atoms with Crippen LogP contribution in [0.3, 0.4) is 0 Å². The molecular formula is C21H16Br2ClF3N2O5. The van der Waals surface area contributed by atoms with Gasteiger partial charge in [0.2, 0.25) is 0 Å². The molecule has 2 N–H and O–H groups in total. The van der Waals surface area contributed by atoms with Gasteiger partial charge in [0.15, 0.2) is 5.78 Å². The van der Waals surface area contributed by atoms with E-state index in [9.17, 15) is 27.6 Å². The first-order valence-corrected chi connectivity index (χ1v) is 11.5. The van der Waals surface area contributed by atoms with Crippen LogP contribution in [0.5, 0.6) is 0 Å². The van der Waals surface area contributed by atoms with Crippen LogP contribution in [-0.4, -0.2) is 46.3 Å². The van der Waals surface area contributed by atoms with Crippen molar-refractivity contribution in [2.75, 3.05) is 6.54 Å². The maximum Gasteiger partial charge on any atom is 0.490 e. The van der Waals surface area contributed by atoms with Crippen LogP contribution in [0.25, 0.3) is 0 Å². The van der Waals surface area contributed by atoms with Crippen molar-refractivity contribution in [2.24, 2.45) is 5.92 Å². The predicted molar refractivity (Wildman–Crippen MR) is 123 cm³/mol. The summed E-state index contributed by atoms with van der Waals surface area (Å²) >= 11 is 13.0. The van der Waals surface area contributed by atoms with Gasteiger partial charge in [0.25, 0.3) is 5.91 Å². The summed E-state index contributed by atoms with van der Waals surface area (Å²) in [6.45, 7) is 0.293. The number of benzene rings is 1. The molecule has 1 aromatic heterocycles. The van der Waals surface area contributed by atoms with Crippen molar-refractivity contribution in [2.45, 2.75) is 24.9 Å². The Morgan fingerprint density at radius 2 is 1.85 bits per heavy atom. The molecule has 2 atom stereocenters. The lowest BCUT2D eigenvalue weighted by atomic mass is 9.93. The zero-order chi connectivity index (χ0) is 25.6. The van der Waals surface area contributed by atoms with E-state index in [0.29, 0.717) is 33.7 Å². The van der Waals surface area contributed by atoms with Crippen molar-refractivity contribution >= 4 is 66.9 Å². The summed E-state index contributed by atoms with van der Waals surface area (Å²) in [7, 11) is 0. The maximum absolute atomic E-state index is 12.8. The average molecular weight is 629 g/mol. The van der Waals surface area contributed by atoms with Crippen molar-refractivity contribution in [3.63, 3.8) is 0 Å². The molecule has 0 saturated heterocycles. The fraction of sp³-hybridized carbons (Fsp3) is 0.286. The van der Waals surface area contributed by atoms with Gasteiger partial charge >= 0.3 is 12.1 Å². The third-order valence-corrected chi connectivity index (χ3v) is 6.13. The van der Waals surface area contributed by atoms with Crippen molar-refractivity contribution in [3.8, 4) is 0 Å². The van der Waals surface area contributed by atoms with E-state index in [1.807, 2.05) is 0 Å². The summed E-state index contributed by atoms with van der Waals surface area (Å²) in [5.74, 6) is -4.66. The number of carboxylic acids is 1. The van der Waals surface area contributed by atoms with Gasteiger partial charge in [0.05, 0.1) is 0 Å². The van der Waals surface area contributed by atoms with Gasteiger partial charge in [0.1, 0.15) is 17.4 Å². The molecule has 1 amide bonds. The number of pyridine rings is 1. The SMILES string of the molecule is O=C(NCCC1CC(=O)C(c2c(Cl)cc(Br)cc2Br)C1=O)c1ccccn1.O=C(O)C(F)(F)F. The third kappa shape index (κ3) is 7.34. The van der Waals surface area contributed by atoms with Crippen LogP contribution in [0.2, 0.25) is 5.02 Å². The molecule has 1 aliphatic rings. The number of hydrogen-bond donors (Lipinski definition) is 2. The number of nitrogens with zero attached hydrogens (tertiary/aromatic N) is 1. The van der Waals surface area contributed by atoms with Gasteiger partial charge in [0, 0.05) is 44.6 Å². The quantitative estimate of drug-likeness (QED) is 0.453. The van der Waals surface area contributed by atoms with Crippen LogP contribution in [0, 0.1) is 5.92 Å². The number of hydrogen-bond acceptors (Lipinski definition) is 5. The number of halogens is 6. The number of carbonyl (C=O) groups is 4. The minimum absolute atomic E-state index is 0.147. The van der Waals surface area contributed by atoms with E-state index < -0.39 is 24.0 Å². The summed E-state index contributed by atoms with van der Waals surface area (Å²) in [5, 5.41) is 10.2. The van der Waals surface area contributed by atoms with E-state index in [2.05, 4.69) is 42.2 Å². The molecule has 0 aliphatic heterocycles. The highest BCUT2D eigenvalue weighted by Crippen LogP contribution is 2.41. The summed E-state index contributed by atoms with van der Waals surface area (Å²) in [4.78, 5) is 50.2. The summed E-state index contributed by atoms with van der Waals surface area (Å²) < 4.78 is 33.1. The fourth-order valence-electron chi connectivity index (χ4n) is 3.18. The second-order valence-corrected chi connectivity index (χ2v) is 9.23. The number of aromatic nitrogens is 1. The first-order chi connectivity index (χ1) is 15.8. The van der Waals surface area contributed by atoms with E-state index in [4.69, 9.17) is 21.5 Å². The number of Topliss-reactive ketones (excluding diaryl/α,β-unsaturated/α-hetero) is 2. The van der Waals surface area contributed by atoms with Crippen molar-refractivity contribution in [3.05, 3.63) is 61.8 Å². The topological polar surface area (TPSA) is 113 Å². The zero-order valence-electron chi connectivity index (χ0n) is 17.0.